The van der Waals surface area contributed by atoms with Crippen molar-refractivity contribution in [3.8, 4) is 17.2 Å². The normalized spacial score (nSPS) is 10.5. The van der Waals surface area contributed by atoms with Crippen molar-refractivity contribution in [3.63, 3.8) is 0 Å². The van der Waals surface area contributed by atoms with Crippen LogP contribution < -0.4 is 4.74 Å². The molecule has 98 valence electrons. The molecule has 0 saturated carbocycles. The molecule has 0 amide bonds. The summed E-state index contributed by atoms with van der Waals surface area (Å²) in [5.41, 5.74) is 0.329. The quantitative estimate of drug-likeness (QED) is 0.840. The number of Topliss-reactive ketones (excluding diaryl/α,β-unsaturated/α-hetero) is 1. The van der Waals surface area contributed by atoms with Gasteiger partial charge in [0, 0.05) is 12.0 Å². The van der Waals surface area contributed by atoms with Gasteiger partial charge in [-0.15, -0.1) is 0 Å². The van der Waals surface area contributed by atoms with Crippen molar-refractivity contribution >= 4 is 5.78 Å². The zero-order valence-electron chi connectivity index (χ0n) is 11.0. The number of benzene rings is 2. The summed E-state index contributed by atoms with van der Waals surface area (Å²) in [5.74, 6) is 0.913. The van der Waals surface area contributed by atoms with Gasteiger partial charge in [-0.25, -0.2) is 0 Å². The lowest BCUT2D eigenvalue weighted by atomic mass is 10.0. The molecule has 0 heterocycles. The van der Waals surface area contributed by atoms with Crippen LogP contribution in [0.4, 0.5) is 0 Å². The average Bonchev–Trinajstić information content (AvgIpc) is 2.39. The molecule has 0 aliphatic heterocycles. The van der Waals surface area contributed by atoms with Gasteiger partial charge < -0.3 is 9.84 Å². The van der Waals surface area contributed by atoms with Crippen molar-refractivity contribution in [1.82, 2.24) is 0 Å². The molecule has 3 nitrogen and oxygen atoms in total. The number of hydrogen-bond acceptors (Lipinski definition) is 3. The van der Waals surface area contributed by atoms with E-state index >= 15 is 0 Å². The van der Waals surface area contributed by atoms with Crippen molar-refractivity contribution in [2.24, 2.45) is 5.92 Å². The lowest BCUT2D eigenvalue weighted by Crippen LogP contribution is -2.07. The van der Waals surface area contributed by atoms with Gasteiger partial charge in [0.05, 0.1) is 5.56 Å². The van der Waals surface area contributed by atoms with Crippen LogP contribution in [0.25, 0.3) is 0 Å². The largest absolute Gasteiger partial charge is 0.507 e. The van der Waals surface area contributed by atoms with Crippen molar-refractivity contribution in [2.45, 2.75) is 13.8 Å². The highest BCUT2D eigenvalue weighted by Gasteiger charge is 2.15. The van der Waals surface area contributed by atoms with Crippen LogP contribution in [0.3, 0.4) is 0 Å². The summed E-state index contributed by atoms with van der Waals surface area (Å²) in [6.45, 7) is 3.60. The van der Waals surface area contributed by atoms with Gasteiger partial charge in [0.2, 0.25) is 0 Å². The van der Waals surface area contributed by atoms with E-state index < -0.39 is 0 Å². The second-order valence-corrected chi connectivity index (χ2v) is 4.61. The Kier molecular flexibility index (Phi) is 3.85. The van der Waals surface area contributed by atoms with Crippen LogP contribution in [-0.4, -0.2) is 10.9 Å². The smallest absolute Gasteiger partial charge is 0.169 e. The van der Waals surface area contributed by atoms with E-state index in [1.165, 1.54) is 6.07 Å². The van der Waals surface area contributed by atoms with Gasteiger partial charge in [0.25, 0.3) is 0 Å². The number of ether oxygens (including phenoxy) is 1. The molecule has 2 rings (SSSR count). The van der Waals surface area contributed by atoms with E-state index in [1.54, 1.807) is 26.0 Å². The molecule has 2 aromatic carbocycles. The topological polar surface area (TPSA) is 46.5 Å². The second kappa shape index (κ2) is 5.57. The molecule has 19 heavy (non-hydrogen) atoms. The number of carbonyl (C=O) groups excluding carboxylic acids is 1. The fourth-order valence-electron chi connectivity index (χ4n) is 1.72. The van der Waals surface area contributed by atoms with Gasteiger partial charge in [-0.2, -0.15) is 0 Å². The van der Waals surface area contributed by atoms with Crippen LogP contribution in [0.15, 0.2) is 48.5 Å². The zero-order valence-corrected chi connectivity index (χ0v) is 11.0. The SMILES string of the molecule is CC(C)C(=O)c1ccc(Oc2ccccc2)cc1O. The Morgan fingerprint density at radius 2 is 1.74 bits per heavy atom. The van der Waals surface area contributed by atoms with Crippen LogP contribution in [0.1, 0.15) is 24.2 Å². The number of phenols is 1. The first-order chi connectivity index (χ1) is 9.08. The van der Waals surface area contributed by atoms with Gasteiger partial charge in [-0.3, -0.25) is 4.79 Å². The van der Waals surface area contributed by atoms with Crippen molar-refractivity contribution in [2.75, 3.05) is 0 Å². The number of phenolic OH excluding ortho intramolecular Hbond substituents is 1. The van der Waals surface area contributed by atoms with E-state index in [-0.39, 0.29) is 17.5 Å². The third-order valence-corrected chi connectivity index (χ3v) is 2.74. The number of para-hydroxylation sites is 1. The fraction of sp³-hybridized carbons (Fsp3) is 0.188. The average molecular weight is 256 g/mol. The third kappa shape index (κ3) is 3.13. The molecule has 2 aromatic rings. The first kappa shape index (κ1) is 13.1. The predicted molar refractivity (Wildman–Crippen MR) is 73.8 cm³/mol. The van der Waals surface area contributed by atoms with E-state index in [2.05, 4.69) is 0 Å². The Balaban J connectivity index is 2.22. The summed E-state index contributed by atoms with van der Waals surface area (Å²) in [4.78, 5) is 11.8. The maximum Gasteiger partial charge on any atom is 0.169 e. The molecule has 0 aliphatic rings. The van der Waals surface area contributed by atoms with E-state index in [9.17, 15) is 9.90 Å². The molecule has 0 fully saturated rings. The number of ketones is 1. The van der Waals surface area contributed by atoms with Gasteiger partial charge in [0.15, 0.2) is 5.78 Å². The summed E-state index contributed by atoms with van der Waals surface area (Å²) in [6.07, 6.45) is 0. The molecule has 0 atom stereocenters. The monoisotopic (exact) mass is 256 g/mol. The molecule has 0 spiro atoms. The summed E-state index contributed by atoms with van der Waals surface area (Å²) in [7, 11) is 0. The predicted octanol–water partition coefficient (Wildman–Crippen LogP) is 4.02. The number of carbonyl (C=O) groups is 1. The molecule has 0 bridgehead atoms. The van der Waals surface area contributed by atoms with E-state index in [4.69, 9.17) is 4.74 Å². The minimum atomic E-state index is -0.146. The summed E-state index contributed by atoms with van der Waals surface area (Å²) in [5, 5.41) is 9.89. The molecule has 3 heteroatoms. The first-order valence-electron chi connectivity index (χ1n) is 6.18. The van der Waals surface area contributed by atoms with Crippen LogP contribution in [0.5, 0.6) is 17.2 Å². The first-order valence-corrected chi connectivity index (χ1v) is 6.18. The molecule has 0 aliphatic carbocycles. The highest BCUT2D eigenvalue weighted by Crippen LogP contribution is 2.28. The highest BCUT2D eigenvalue weighted by molar-refractivity contribution is 5.99. The maximum atomic E-state index is 11.8. The van der Waals surface area contributed by atoms with Crippen LogP contribution in [-0.2, 0) is 0 Å². The molecule has 0 aromatic heterocycles. The number of hydrogen-bond donors (Lipinski definition) is 1. The van der Waals surface area contributed by atoms with Crippen molar-refractivity contribution in [1.29, 1.82) is 0 Å². The standard InChI is InChI=1S/C16H16O3/c1-11(2)16(18)14-9-8-13(10-15(14)17)19-12-6-4-3-5-7-12/h3-11,17H,1-2H3. The van der Waals surface area contributed by atoms with E-state index in [0.29, 0.717) is 17.1 Å². The molecule has 0 unspecified atom stereocenters. The van der Waals surface area contributed by atoms with Crippen LogP contribution in [0.2, 0.25) is 0 Å². The summed E-state index contributed by atoms with van der Waals surface area (Å²) in [6, 6.07) is 14.0. The minimum Gasteiger partial charge on any atom is -0.507 e. The van der Waals surface area contributed by atoms with E-state index in [1.807, 2.05) is 30.3 Å². The van der Waals surface area contributed by atoms with Crippen LogP contribution in [0, 0.1) is 5.92 Å². The Morgan fingerprint density at radius 1 is 1.05 bits per heavy atom. The Morgan fingerprint density at radius 3 is 2.32 bits per heavy atom. The van der Waals surface area contributed by atoms with Gasteiger partial charge in [-0.1, -0.05) is 32.0 Å². The fourth-order valence-corrected chi connectivity index (χ4v) is 1.72. The lowest BCUT2D eigenvalue weighted by Gasteiger charge is -2.09. The second-order valence-electron chi connectivity index (χ2n) is 4.61. The number of aromatic hydroxyl groups is 1. The van der Waals surface area contributed by atoms with Crippen molar-refractivity contribution in [3.05, 3.63) is 54.1 Å². The number of rotatable bonds is 4. The lowest BCUT2D eigenvalue weighted by molar-refractivity contribution is 0.0936. The molecular formula is C16H16O3. The molecular weight excluding hydrogens is 240 g/mol. The molecule has 0 saturated heterocycles. The van der Waals surface area contributed by atoms with Gasteiger partial charge in [-0.05, 0) is 24.3 Å². The Labute approximate surface area is 112 Å². The minimum absolute atomic E-state index is 0.0490. The third-order valence-electron chi connectivity index (χ3n) is 2.74. The maximum absolute atomic E-state index is 11.8. The summed E-state index contributed by atoms with van der Waals surface area (Å²) < 4.78 is 5.58. The summed E-state index contributed by atoms with van der Waals surface area (Å²) >= 11 is 0. The highest BCUT2D eigenvalue weighted by atomic mass is 16.5. The van der Waals surface area contributed by atoms with Gasteiger partial charge >= 0.3 is 0 Å². The molecule has 0 radical (unpaired) electrons. The zero-order chi connectivity index (χ0) is 13.8. The van der Waals surface area contributed by atoms with Crippen molar-refractivity contribution < 1.29 is 14.6 Å². The van der Waals surface area contributed by atoms with Gasteiger partial charge in [0.1, 0.15) is 17.2 Å². The Bertz CT molecular complexity index is 574. The molecule has 1 N–H and O–H groups in total. The Hall–Kier alpha value is -2.29. The van der Waals surface area contributed by atoms with E-state index in [0.717, 1.165) is 0 Å². The van der Waals surface area contributed by atoms with Crippen LogP contribution >= 0.6 is 0 Å².